The first-order valence-electron chi connectivity index (χ1n) is 5.72. The first kappa shape index (κ1) is 16.6. The van der Waals surface area contributed by atoms with Crippen LogP contribution < -0.4 is 4.18 Å². The van der Waals surface area contributed by atoms with E-state index < -0.39 is 27.2 Å². The van der Waals surface area contributed by atoms with Crippen LogP contribution in [0.25, 0.3) is 0 Å². The summed E-state index contributed by atoms with van der Waals surface area (Å²) >= 11 is -0.369. The molecule has 22 heavy (non-hydrogen) atoms. The van der Waals surface area contributed by atoms with Crippen molar-refractivity contribution < 1.29 is 30.2 Å². The minimum atomic E-state index is -4.47. The highest BCUT2D eigenvalue weighted by atomic mass is 32.2. The maximum Gasteiger partial charge on any atom is 0.446 e. The number of alkyl halides is 3. The van der Waals surface area contributed by atoms with Crippen LogP contribution in [0.2, 0.25) is 0 Å². The quantitative estimate of drug-likeness (QED) is 0.470. The van der Waals surface area contributed by atoms with E-state index in [0.717, 1.165) is 36.4 Å². The highest BCUT2D eigenvalue weighted by Gasteiger charge is 2.29. The lowest BCUT2D eigenvalue weighted by Gasteiger charge is -2.09. The lowest BCUT2D eigenvalue weighted by Crippen LogP contribution is -2.10. The summed E-state index contributed by atoms with van der Waals surface area (Å²) in [6.45, 7) is 0. The van der Waals surface area contributed by atoms with E-state index in [0.29, 0.717) is 0 Å². The second-order valence-electron chi connectivity index (χ2n) is 3.99. The normalized spacial score (nSPS) is 12.2. The van der Waals surface area contributed by atoms with Gasteiger partial charge in [-0.1, -0.05) is 12.1 Å². The van der Waals surface area contributed by atoms with Crippen molar-refractivity contribution >= 4 is 21.9 Å². The van der Waals surface area contributed by atoms with E-state index in [1.807, 2.05) is 0 Å². The van der Waals surface area contributed by atoms with Crippen LogP contribution in [-0.4, -0.2) is 13.9 Å². The fourth-order valence-electron chi connectivity index (χ4n) is 1.49. The summed E-state index contributed by atoms with van der Waals surface area (Å²) in [5.41, 5.74) is -4.47. The predicted molar refractivity (Wildman–Crippen MR) is 72.6 cm³/mol. The van der Waals surface area contributed by atoms with Crippen molar-refractivity contribution in [2.45, 2.75) is 15.3 Å². The zero-order valence-corrected chi connectivity index (χ0v) is 12.3. The van der Waals surface area contributed by atoms with E-state index >= 15 is 0 Å². The number of hydrogen-bond acceptors (Lipinski definition) is 4. The van der Waals surface area contributed by atoms with Gasteiger partial charge in [0, 0.05) is 4.90 Å². The molecule has 2 aromatic rings. The zero-order valence-electron chi connectivity index (χ0n) is 10.7. The molecule has 0 aliphatic carbocycles. The second-order valence-corrected chi connectivity index (χ2v) is 6.67. The summed E-state index contributed by atoms with van der Waals surface area (Å²) in [4.78, 5) is -0.542. The number of thioether (sulfide) groups is 1. The molecule has 0 N–H and O–H groups in total. The monoisotopic (exact) mass is 352 g/mol. The lowest BCUT2D eigenvalue weighted by molar-refractivity contribution is -0.0328. The van der Waals surface area contributed by atoms with E-state index in [4.69, 9.17) is 0 Å². The van der Waals surface area contributed by atoms with Crippen molar-refractivity contribution in [3.05, 3.63) is 54.3 Å². The summed E-state index contributed by atoms with van der Waals surface area (Å²) in [6.07, 6.45) is 0. The fourth-order valence-corrected chi connectivity index (χ4v) is 2.96. The molecule has 0 unspecified atom stereocenters. The SMILES string of the molecule is O=S(=O)(Oc1ccccc1F)c1ccc(SC(F)(F)F)cc1. The minimum Gasteiger partial charge on any atom is -0.376 e. The molecular formula is C13H8F4O3S2. The molecule has 0 aliphatic rings. The number of rotatable bonds is 4. The van der Waals surface area contributed by atoms with Gasteiger partial charge in [0.15, 0.2) is 11.6 Å². The van der Waals surface area contributed by atoms with Gasteiger partial charge in [-0.15, -0.1) is 0 Å². The topological polar surface area (TPSA) is 43.4 Å². The van der Waals surface area contributed by atoms with Gasteiger partial charge in [-0.25, -0.2) is 4.39 Å². The summed E-state index contributed by atoms with van der Waals surface area (Å²) in [7, 11) is -4.33. The Morgan fingerprint density at radius 2 is 1.55 bits per heavy atom. The highest BCUT2D eigenvalue weighted by Crippen LogP contribution is 2.37. The van der Waals surface area contributed by atoms with E-state index in [1.54, 1.807) is 0 Å². The maximum absolute atomic E-state index is 13.4. The third-order valence-corrected chi connectivity index (χ3v) is 4.37. The van der Waals surface area contributed by atoms with Crippen LogP contribution in [0.3, 0.4) is 0 Å². The van der Waals surface area contributed by atoms with Gasteiger partial charge < -0.3 is 4.18 Å². The first-order valence-corrected chi connectivity index (χ1v) is 7.95. The molecule has 0 fully saturated rings. The molecule has 0 saturated heterocycles. The molecule has 0 aromatic heterocycles. The van der Waals surface area contributed by atoms with Crippen LogP contribution in [-0.2, 0) is 10.1 Å². The predicted octanol–water partition coefficient (Wildman–Crippen LogP) is 4.21. The lowest BCUT2D eigenvalue weighted by atomic mass is 10.3. The smallest absolute Gasteiger partial charge is 0.376 e. The summed E-state index contributed by atoms with van der Waals surface area (Å²) in [5, 5.41) is 0. The standard InChI is InChI=1S/C13H8F4O3S2/c14-11-3-1-2-4-12(11)20-22(18,19)10-7-5-9(6-8-10)21-13(15,16)17/h1-8H. The molecule has 0 atom stereocenters. The molecule has 9 heteroatoms. The van der Waals surface area contributed by atoms with Crippen LogP contribution in [0.15, 0.2) is 58.3 Å². The number of benzene rings is 2. The van der Waals surface area contributed by atoms with Crippen molar-refractivity contribution in [2.75, 3.05) is 0 Å². The van der Waals surface area contributed by atoms with Gasteiger partial charge in [0.1, 0.15) is 4.90 Å². The molecule has 0 aliphatic heterocycles. The molecule has 0 amide bonds. The molecular weight excluding hydrogens is 344 g/mol. The third kappa shape index (κ3) is 4.38. The molecule has 2 aromatic carbocycles. The van der Waals surface area contributed by atoms with Crippen molar-refractivity contribution in [3.8, 4) is 5.75 Å². The molecule has 0 heterocycles. The average Bonchev–Trinajstić information content (AvgIpc) is 2.40. The Labute approximate surface area is 128 Å². The van der Waals surface area contributed by atoms with E-state index in [2.05, 4.69) is 4.18 Å². The largest absolute Gasteiger partial charge is 0.446 e. The summed E-state index contributed by atoms with van der Waals surface area (Å²) in [5.74, 6) is -1.36. The van der Waals surface area contributed by atoms with Gasteiger partial charge >= 0.3 is 15.6 Å². The Morgan fingerprint density at radius 1 is 0.955 bits per heavy atom. The van der Waals surface area contributed by atoms with Crippen LogP contribution in [0, 0.1) is 5.82 Å². The number of hydrogen-bond donors (Lipinski definition) is 0. The Bertz CT molecular complexity index is 756. The second kappa shape index (κ2) is 6.17. The van der Waals surface area contributed by atoms with Gasteiger partial charge in [-0.05, 0) is 48.2 Å². The van der Waals surface area contributed by atoms with Gasteiger partial charge in [0.05, 0.1) is 0 Å². The fraction of sp³-hybridized carbons (Fsp3) is 0.0769. The molecule has 0 bridgehead atoms. The Hall–Kier alpha value is -1.74. The van der Waals surface area contributed by atoms with Crippen molar-refractivity contribution in [1.82, 2.24) is 0 Å². The first-order chi connectivity index (χ1) is 10.2. The van der Waals surface area contributed by atoms with Crippen molar-refractivity contribution in [1.29, 1.82) is 0 Å². The van der Waals surface area contributed by atoms with Crippen LogP contribution in [0.4, 0.5) is 17.6 Å². The van der Waals surface area contributed by atoms with E-state index in [-0.39, 0.29) is 21.6 Å². The highest BCUT2D eigenvalue weighted by molar-refractivity contribution is 8.00. The van der Waals surface area contributed by atoms with Gasteiger partial charge in [-0.3, -0.25) is 0 Å². The molecule has 2 rings (SSSR count). The summed E-state index contributed by atoms with van der Waals surface area (Å²) in [6, 6.07) is 8.81. The number of halogens is 4. The molecule has 0 radical (unpaired) electrons. The average molecular weight is 352 g/mol. The van der Waals surface area contributed by atoms with Gasteiger partial charge in [0.25, 0.3) is 0 Å². The molecule has 3 nitrogen and oxygen atoms in total. The van der Waals surface area contributed by atoms with Crippen molar-refractivity contribution in [2.24, 2.45) is 0 Å². The van der Waals surface area contributed by atoms with Crippen LogP contribution >= 0.6 is 11.8 Å². The Kier molecular flexibility index (Phi) is 4.66. The van der Waals surface area contributed by atoms with Gasteiger partial charge in [-0.2, -0.15) is 21.6 Å². The summed E-state index contributed by atoms with van der Waals surface area (Å²) < 4.78 is 78.4. The Morgan fingerprint density at radius 3 is 2.09 bits per heavy atom. The van der Waals surface area contributed by atoms with Crippen LogP contribution in [0.5, 0.6) is 5.75 Å². The van der Waals surface area contributed by atoms with Crippen LogP contribution in [0.1, 0.15) is 0 Å². The third-order valence-electron chi connectivity index (χ3n) is 2.38. The van der Waals surface area contributed by atoms with E-state index in [1.165, 1.54) is 12.1 Å². The van der Waals surface area contributed by atoms with Crippen molar-refractivity contribution in [3.63, 3.8) is 0 Å². The molecule has 0 saturated carbocycles. The van der Waals surface area contributed by atoms with E-state index in [9.17, 15) is 26.0 Å². The maximum atomic E-state index is 13.4. The van der Waals surface area contributed by atoms with Gasteiger partial charge in [0.2, 0.25) is 0 Å². The minimum absolute atomic E-state index is 0.169. The number of para-hydroxylation sites is 1. The molecule has 0 spiro atoms. The Balaban J connectivity index is 2.22. The molecule has 118 valence electrons. The zero-order chi connectivity index (χ0) is 16.4.